The zero-order chi connectivity index (χ0) is 12.1. The largest absolute Gasteiger partial charge is 0.450 e. The second kappa shape index (κ2) is 5.45. The summed E-state index contributed by atoms with van der Waals surface area (Å²) in [4.78, 5) is 35.2. The predicted molar refractivity (Wildman–Crippen MR) is 51.6 cm³/mol. The van der Waals surface area contributed by atoms with Crippen LogP contribution in [0.2, 0.25) is 0 Å². The van der Waals surface area contributed by atoms with Crippen molar-refractivity contribution >= 4 is 17.8 Å². The maximum absolute atomic E-state index is 11.4. The number of hydrogen-bond donors (Lipinski definition) is 2. The summed E-state index contributed by atoms with van der Waals surface area (Å²) in [6.07, 6.45) is -0.456. The molecule has 0 aromatic heterocycles. The highest BCUT2D eigenvalue weighted by Crippen LogP contribution is 2.14. The number of likely N-dealkylation sites (tertiary alicyclic amines) is 1. The first-order chi connectivity index (χ1) is 7.60. The highest BCUT2D eigenvalue weighted by atomic mass is 16.6. The summed E-state index contributed by atoms with van der Waals surface area (Å²) in [5.74, 6) is -2.09. The molecule has 1 aliphatic heterocycles. The van der Waals surface area contributed by atoms with Crippen molar-refractivity contribution in [3.8, 4) is 0 Å². The number of carbonyl (C=O) groups is 3. The van der Waals surface area contributed by atoms with Gasteiger partial charge in [-0.15, -0.1) is 0 Å². The lowest BCUT2D eigenvalue weighted by molar-refractivity contribution is -0.142. The zero-order valence-electron chi connectivity index (χ0n) is 8.93. The fourth-order valence-electron chi connectivity index (χ4n) is 1.52. The van der Waals surface area contributed by atoms with Gasteiger partial charge in [0.05, 0.1) is 6.61 Å². The summed E-state index contributed by atoms with van der Waals surface area (Å²) in [5, 5.41) is 8.45. The monoisotopic (exact) mass is 230 g/mol. The van der Waals surface area contributed by atoms with Crippen molar-refractivity contribution in [1.29, 1.82) is 0 Å². The molecule has 1 fully saturated rings. The number of amides is 2. The molecule has 2 N–H and O–H groups in total. The number of ketones is 1. The lowest BCUT2D eigenvalue weighted by Crippen LogP contribution is -2.49. The maximum Gasteiger partial charge on any atom is 0.409 e. The van der Waals surface area contributed by atoms with E-state index in [4.69, 9.17) is 9.94 Å². The predicted octanol–water partition coefficient (Wildman–Crippen LogP) is -0.461. The molecule has 1 rings (SSSR count). The molecule has 1 aliphatic rings. The van der Waals surface area contributed by atoms with Crippen LogP contribution in [0.15, 0.2) is 0 Å². The summed E-state index contributed by atoms with van der Waals surface area (Å²) >= 11 is 0. The van der Waals surface area contributed by atoms with Crippen LogP contribution in [0, 0.1) is 5.92 Å². The first-order valence-electron chi connectivity index (χ1n) is 4.98. The smallest absolute Gasteiger partial charge is 0.409 e. The first kappa shape index (κ1) is 12.4. The van der Waals surface area contributed by atoms with Crippen LogP contribution in [-0.2, 0) is 14.3 Å². The van der Waals surface area contributed by atoms with E-state index in [0.29, 0.717) is 0 Å². The fraction of sp³-hybridized carbons (Fsp3) is 0.667. The van der Waals surface area contributed by atoms with Crippen LogP contribution in [-0.4, -0.2) is 47.6 Å². The van der Waals surface area contributed by atoms with E-state index in [1.54, 1.807) is 6.92 Å². The van der Waals surface area contributed by atoms with Gasteiger partial charge < -0.3 is 9.64 Å². The molecule has 7 heteroatoms. The Morgan fingerprint density at radius 3 is 2.88 bits per heavy atom. The van der Waals surface area contributed by atoms with E-state index in [1.807, 2.05) is 0 Å². The Balaban J connectivity index is 2.63. The number of carbonyl (C=O) groups excluding carboxylic acids is 3. The molecule has 0 aromatic rings. The third kappa shape index (κ3) is 2.69. The molecule has 0 radical (unpaired) electrons. The molecule has 90 valence electrons. The lowest BCUT2D eigenvalue weighted by Gasteiger charge is -2.29. The third-order valence-electron chi connectivity index (χ3n) is 2.37. The van der Waals surface area contributed by atoms with Crippen LogP contribution >= 0.6 is 0 Å². The molecule has 2 amide bonds. The number of Topliss-reactive ketones (excluding diaryl/α,β-unsaturated/α-hetero) is 1. The number of nitrogens with one attached hydrogen (secondary N) is 1. The zero-order valence-corrected chi connectivity index (χ0v) is 8.93. The summed E-state index contributed by atoms with van der Waals surface area (Å²) in [7, 11) is 0. The second-order valence-electron chi connectivity index (χ2n) is 3.39. The second-order valence-corrected chi connectivity index (χ2v) is 3.39. The van der Waals surface area contributed by atoms with Crippen molar-refractivity contribution in [2.24, 2.45) is 5.92 Å². The van der Waals surface area contributed by atoms with Crippen molar-refractivity contribution in [1.82, 2.24) is 10.4 Å². The average molecular weight is 230 g/mol. The van der Waals surface area contributed by atoms with Gasteiger partial charge in [0.15, 0.2) is 0 Å². The van der Waals surface area contributed by atoms with Gasteiger partial charge >= 0.3 is 6.09 Å². The number of hydrogen-bond acceptors (Lipinski definition) is 5. The minimum atomic E-state index is -1.01. The fourth-order valence-corrected chi connectivity index (χ4v) is 1.52. The van der Waals surface area contributed by atoms with Crippen LogP contribution in [0.3, 0.4) is 0 Å². The van der Waals surface area contributed by atoms with Crippen molar-refractivity contribution in [2.75, 3.05) is 19.7 Å². The molecule has 7 nitrogen and oxygen atoms in total. The molecule has 0 bridgehead atoms. The summed E-state index contributed by atoms with van der Waals surface area (Å²) in [5.41, 5.74) is 1.42. The first-order valence-corrected chi connectivity index (χ1v) is 4.98. The van der Waals surface area contributed by atoms with Gasteiger partial charge in [0, 0.05) is 19.5 Å². The molecule has 1 unspecified atom stereocenters. The molecule has 1 atom stereocenters. The average Bonchev–Trinajstić information content (AvgIpc) is 2.29. The Hall–Kier alpha value is -1.63. The van der Waals surface area contributed by atoms with E-state index >= 15 is 0 Å². The number of hydroxylamine groups is 1. The third-order valence-corrected chi connectivity index (χ3v) is 2.37. The molecule has 1 saturated heterocycles. The minimum Gasteiger partial charge on any atom is -0.450 e. The van der Waals surface area contributed by atoms with Crippen LogP contribution in [0.1, 0.15) is 13.3 Å². The van der Waals surface area contributed by atoms with E-state index in [2.05, 4.69) is 0 Å². The Bertz CT molecular complexity index is 296. The van der Waals surface area contributed by atoms with Crippen molar-refractivity contribution in [3.63, 3.8) is 0 Å². The SMILES string of the molecule is CCOC(=O)N1CCC(=O)C(C(=O)NO)C1. The van der Waals surface area contributed by atoms with Crippen molar-refractivity contribution in [3.05, 3.63) is 0 Å². The maximum atomic E-state index is 11.4. The summed E-state index contributed by atoms with van der Waals surface area (Å²) < 4.78 is 4.76. The molecule has 0 aliphatic carbocycles. The van der Waals surface area contributed by atoms with Gasteiger partial charge in [0.2, 0.25) is 0 Å². The molecule has 16 heavy (non-hydrogen) atoms. The van der Waals surface area contributed by atoms with E-state index < -0.39 is 17.9 Å². The van der Waals surface area contributed by atoms with Gasteiger partial charge in [-0.3, -0.25) is 14.8 Å². The van der Waals surface area contributed by atoms with E-state index in [-0.39, 0.29) is 31.9 Å². The van der Waals surface area contributed by atoms with Gasteiger partial charge in [-0.05, 0) is 6.92 Å². The van der Waals surface area contributed by atoms with Crippen molar-refractivity contribution < 1.29 is 24.3 Å². The number of nitrogens with zero attached hydrogens (tertiary/aromatic N) is 1. The molecular formula is C9H14N2O5. The Morgan fingerprint density at radius 2 is 2.31 bits per heavy atom. The van der Waals surface area contributed by atoms with E-state index in [9.17, 15) is 14.4 Å². The van der Waals surface area contributed by atoms with Crippen molar-refractivity contribution in [2.45, 2.75) is 13.3 Å². The van der Waals surface area contributed by atoms with Gasteiger partial charge in [-0.25, -0.2) is 10.3 Å². The van der Waals surface area contributed by atoms with E-state index in [0.717, 1.165) is 0 Å². The standard InChI is InChI=1S/C9H14N2O5/c1-2-16-9(14)11-4-3-7(12)6(5-11)8(13)10-15/h6,15H,2-5H2,1H3,(H,10,13). The van der Waals surface area contributed by atoms with E-state index in [1.165, 1.54) is 10.4 Å². The van der Waals surface area contributed by atoms with Gasteiger partial charge in [0.1, 0.15) is 11.7 Å². The highest BCUT2D eigenvalue weighted by molar-refractivity contribution is 6.02. The molecule has 0 spiro atoms. The van der Waals surface area contributed by atoms with Crippen LogP contribution < -0.4 is 5.48 Å². The summed E-state index contributed by atoms with van der Waals surface area (Å²) in [6.45, 7) is 2.10. The van der Waals surface area contributed by atoms with Crippen LogP contribution in [0.4, 0.5) is 4.79 Å². The van der Waals surface area contributed by atoms with Gasteiger partial charge in [0.25, 0.3) is 5.91 Å². The Labute approximate surface area is 92.3 Å². The molecule has 0 aromatic carbocycles. The molecular weight excluding hydrogens is 216 g/mol. The van der Waals surface area contributed by atoms with Gasteiger partial charge in [-0.1, -0.05) is 0 Å². The minimum absolute atomic E-state index is 0.0515. The molecule has 1 heterocycles. The number of ether oxygens (including phenoxy) is 1. The quantitative estimate of drug-likeness (QED) is 0.380. The number of rotatable bonds is 2. The normalized spacial score (nSPS) is 20.5. The topological polar surface area (TPSA) is 95.9 Å². The molecule has 0 saturated carbocycles. The summed E-state index contributed by atoms with van der Waals surface area (Å²) in [6, 6.07) is 0. The lowest BCUT2D eigenvalue weighted by atomic mass is 9.96. The Kier molecular flexibility index (Phi) is 4.24. The van der Waals surface area contributed by atoms with Crippen LogP contribution in [0.5, 0.6) is 0 Å². The van der Waals surface area contributed by atoms with Gasteiger partial charge in [-0.2, -0.15) is 0 Å². The highest BCUT2D eigenvalue weighted by Gasteiger charge is 2.35. The Morgan fingerprint density at radius 1 is 1.62 bits per heavy atom. The van der Waals surface area contributed by atoms with Crippen LogP contribution in [0.25, 0.3) is 0 Å². The number of piperidine rings is 1.